The molecular weight excluding hydrogens is 250 g/mol. The molecule has 1 aromatic heterocycles. The van der Waals surface area contributed by atoms with Crippen LogP contribution in [-0.2, 0) is 0 Å². The Bertz CT molecular complexity index is 455. The molecule has 6 heteroatoms. The molecular formula is C12H19N3O2S. The zero-order valence-electron chi connectivity index (χ0n) is 10.7. The monoisotopic (exact) mass is 269 g/mol. The third-order valence-corrected chi connectivity index (χ3v) is 4.38. The molecule has 2 rings (SSSR count). The first-order valence-corrected chi connectivity index (χ1v) is 7.43. The summed E-state index contributed by atoms with van der Waals surface area (Å²) in [6.45, 7) is 2.03. The van der Waals surface area contributed by atoms with Gasteiger partial charge in [-0.2, -0.15) is 11.8 Å². The van der Waals surface area contributed by atoms with E-state index in [2.05, 4.69) is 10.3 Å². The summed E-state index contributed by atoms with van der Waals surface area (Å²) < 4.78 is 1.75. The molecule has 1 fully saturated rings. The number of rotatable bonds is 6. The molecule has 1 aliphatic rings. The number of hydrogen-bond acceptors (Lipinski definition) is 5. The van der Waals surface area contributed by atoms with Gasteiger partial charge in [-0.3, -0.25) is 4.79 Å². The molecule has 5 nitrogen and oxygen atoms in total. The van der Waals surface area contributed by atoms with E-state index in [1.54, 1.807) is 28.7 Å². The van der Waals surface area contributed by atoms with E-state index in [-0.39, 0.29) is 23.5 Å². The molecule has 1 aliphatic carbocycles. The summed E-state index contributed by atoms with van der Waals surface area (Å²) in [5, 5.41) is 12.4. The molecule has 0 aliphatic heterocycles. The lowest BCUT2D eigenvalue weighted by molar-refractivity contribution is 0.288. The number of nitrogens with zero attached hydrogens (tertiary/aromatic N) is 2. The Balaban J connectivity index is 2.14. The van der Waals surface area contributed by atoms with Crippen LogP contribution in [0.3, 0.4) is 0 Å². The highest BCUT2D eigenvalue weighted by molar-refractivity contribution is 7.99. The van der Waals surface area contributed by atoms with Gasteiger partial charge in [0.15, 0.2) is 5.82 Å². The van der Waals surface area contributed by atoms with Crippen LogP contribution in [0, 0.1) is 0 Å². The summed E-state index contributed by atoms with van der Waals surface area (Å²) in [6.07, 6.45) is 7.49. The average Bonchev–Trinajstić information content (AvgIpc) is 3.17. The highest BCUT2D eigenvalue weighted by Crippen LogP contribution is 2.33. The number of nitrogens with one attached hydrogen (secondary N) is 1. The summed E-state index contributed by atoms with van der Waals surface area (Å²) in [5.41, 5.74) is -0.0651. The minimum absolute atomic E-state index is 0.000234. The van der Waals surface area contributed by atoms with Crippen LogP contribution in [0.15, 0.2) is 17.2 Å². The fourth-order valence-electron chi connectivity index (χ4n) is 1.91. The second-order valence-corrected chi connectivity index (χ2v) is 5.69. The summed E-state index contributed by atoms with van der Waals surface area (Å²) in [4.78, 5) is 16.3. The summed E-state index contributed by atoms with van der Waals surface area (Å²) in [6, 6.07) is 0.353. The van der Waals surface area contributed by atoms with Crippen molar-refractivity contribution in [1.29, 1.82) is 0 Å². The zero-order valence-corrected chi connectivity index (χ0v) is 11.5. The molecule has 1 aromatic rings. The topological polar surface area (TPSA) is 67.2 Å². The first-order valence-electron chi connectivity index (χ1n) is 6.14. The zero-order chi connectivity index (χ0) is 13.1. The van der Waals surface area contributed by atoms with Gasteiger partial charge in [-0.25, -0.2) is 4.98 Å². The lowest BCUT2D eigenvalue weighted by Crippen LogP contribution is -2.35. The van der Waals surface area contributed by atoms with Gasteiger partial charge in [0.25, 0.3) is 5.56 Å². The molecule has 100 valence electrons. The van der Waals surface area contributed by atoms with E-state index in [9.17, 15) is 9.90 Å². The molecule has 2 atom stereocenters. The van der Waals surface area contributed by atoms with Crippen LogP contribution >= 0.6 is 11.8 Å². The van der Waals surface area contributed by atoms with Gasteiger partial charge in [0, 0.05) is 29.7 Å². The molecule has 2 N–H and O–H groups in total. The third-order valence-electron chi connectivity index (χ3n) is 3.21. The number of aliphatic hydroxyl groups is 1. The average molecular weight is 269 g/mol. The molecule has 2 unspecified atom stereocenters. The molecule has 1 saturated carbocycles. The second kappa shape index (κ2) is 5.75. The largest absolute Gasteiger partial charge is 0.395 e. The fourth-order valence-corrected chi connectivity index (χ4v) is 2.53. The van der Waals surface area contributed by atoms with Crippen molar-refractivity contribution in [3.8, 4) is 0 Å². The molecule has 0 aromatic carbocycles. The second-order valence-electron chi connectivity index (χ2n) is 4.61. The molecule has 0 bridgehead atoms. The first-order chi connectivity index (χ1) is 8.67. The van der Waals surface area contributed by atoms with Gasteiger partial charge in [-0.15, -0.1) is 0 Å². The number of hydrogen-bond donors (Lipinski definition) is 2. The molecule has 18 heavy (non-hydrogen) atoms. The normalized spacial score (nSPS) is 18.4. The maximum Gasteiger partial charge on any atom is 0.293 e. The highest BCUT2D eigenvalue weighted by Gasteiger charge is 2.26. The van der Waals surface area contributed by atoms with Gasteiger partial charge in [-0.05, 0) is 26.0 Å². The van der Waals surface area contributed by atoms with Crippen molar-refractivity contribution in [3.63, 3.8) is 0 Å². The van der Waals surface area contributed by atoms with E-state index in [1.165, 1.54) is 0 Å². The van der Waals surface area contributed by atoms with Crippen molar-refractivity contribution in [1.82, 2.24) is 9.55 Å². The molecule has 0 radical (unpaired) electrons. The number of aromatic nitrogens is 2. The number of thioether (sulfide) groups is 1. The van der Waals surface area contributed by atoms with Gasteiger partial charge >= 0.3 is 0 Å². The minimum Gasteiger partial charge on any atom is -0.395 e. The molecule has 0 spiro atoms. The van der Waals surface area contributed by atoms with E-state index in [0.29, 0.717) is 11.9 Å². The van der Waals surface area contributed by atoms with Crippen molar-refractivity contribution in [2.45, 2.75) is 37.1 Å². The van der Waals surface area contributed by atoms with E-state index in [0.717, 1.165) is 12.8 Å². The lowest BCUT2D eigenvalue weighted by Gasteiger charge is -2.21. The van der Waals surface area contributed by atoms with Crippen molar-refractivity contribution in [2.24, 2.45) is 0 Å². The highest BCUT2D eigenvalue weighted by atomic mass is 32.2. The van der Waals surface area contributed by atoms with Crippen LogP contribution in [0.1, 0.15) is 25.8 Å². The Labute approximate surface area is 111 Å². The van der Waals surface area contributed by atoms with Crippen molar-refractivity contribution < 1.29 is 5.11 Å². The van der Waals surface area contributed by atoms with Crippen LogP contribution in [0.25, 0.3) is 0 Å². The Morgan fingerprint density at radius 3 is 2.94 bits per heavy atom. The molecule has 0 saturated heterocycles. The van der Waals surface area contributed by atoms with Crippen LogP contribution in [-0.4, -0.2) is 38.8 Å². The quantitative estimate of drug-likeness (QED) is 0.809. The Morgan fingerprint density at radius 1 is 1.67 bits per heavy atom. The van der Waals surface area contributed by atoms with Crippen LogP contribution in [0.4, 0.5) is 5.82 Å². The summed E-state index contributed by atoms with van der Waals surface area (Å²) in [5.74, 6) is 0.379. The first kappa shape index (κ1) is 13.4. The maximum atomic E-state index is 12.2. The van der Waals surface area contributed by atoms with E-state index in [4.69, 9.17) is 0 Å². The van der Waals surface area contributed by atoms with Gasteiger partial charge in [0.1, 0.15) is 0 Å². The van der Waals surface area contributed by atoms with Crippen molar-refractivity contribution in [3.05, 3.63) is 22.7 Å². The van der Waals surface area contributed by atoms with Crippen LogP contribution < -0.4 is 10.9 Å². The van der Waals surface area contributed by atoms with E-state index < -0.39 is 0 Å². The Kier molecular flexibility index (Phi) is 4.29. The summed E-state index contributed by atoms with van der Waals surface area (Å²) >= 11 is 1.58. The maximum absolute atomic E-state index is 12.2. The SMILES string of the molecule is CSC(CO)C(C)Nc1nccn(C2CC2)c1=O. The lowest BCUT2D eigenvalue weighted by atomic mass is 10.2. The van der Waals surface area contributed by atoms with Gasteiger partial charge in [0.2, 0.25) is 0 Å². The standard InChI is InChI=1S/C12H19N3O2S/c1-8(10(7-16)18-2)14-11-12(17)15(6-5-13-11)9-3-4-9/h5-6,8-10,16H,3-4,7H2,1-2H3,(H,13,14). The smallest absolute Gasteiger partial charge is 0.293 e. The molecule has 0 amide bonds. The Hall–Kier alpha value is -1.01. The van der Waals surface area contributed by atoms with Crippen molar-refractivity contribution >= 4 is 17.6 Å². The van der Waals surface area contributed by atoms with Crippen LogP contribution in [0.2, 0.25) is 0 Å². The van der Waals surface area contributed by atoms with E-state index >= 15 is 0 Å². The third kappa shape index (κ3) is 2.87. The predicted octanol–water partition coefficient (Wildman–Crippen LogP) is 1.10. The van der Waals surface area contributed by atoms with Gasteiger partial charge in [0.05, 0.1) is 6.61 Å². The predicted molar refractivity (Wildman–Crippen MR) is 74.2 cm³/mol. The van der Waals surface area contributed by atoms with Gasteiger partial charge in [-0.1, -0.05) is 0 Å². The number of anilines is 1. The fraction of sp³-hybridized carbons (Fsp3) is 0.667. The Morgan fingerprint density at radius 2 is 2.39 bits per heavy atom. The minimum atomic E-state index is -0.0651. The molecule has 1 heterocycles. The van der Waals surface area contributed by atoms with Gasteiger partial charge < -0.3 is 15.0 Å². The summed E-state index contributed by atoms with van der Waals surface area (Å²) in [7, 11) is 0. The van der Waals surface area contributed by atoms with Crippen LogP contribution in [0.5, 0.6) is 0 Å². The number of aliphatic hydroxyl groups excluding tert-OH is 1. The van der Waals surface area contributed by atoms with E-state index in [1.807, 2.05) is 13.2 Å². The van der Waals surface area contributed by atoms with Crippen molar-refractivity contribution in [2.75, 3.05) is 18.2 Å².